The lowest BCUT2D eigenvalue weighted by molar-refractivity contribution is 0.629. The Morgan fingerprint density at radius 1 is 1.18 bits per heavy atom. The zero-order chi connectivity index (χ0) is 14.9. The van der Waals surface area contributed by atoms with Crippen LogP contribution in [0.25, 0.3) is 10.9 Å². The van der Waals surface area contributed by atoms with Gasteiger partial charge < -0.3 is 4.90 Å². The van der Waals surface area contributed by atoms with E-state index in [0.29, 0.717) is 11.6 Å². The van der Waals surface area contributed by atoms with Gasteiger partial charge in [-0.05, 0) is 36.6 Å². The van der Waals surface area contributed by atoms with E-state index >= 15 is 0 Å². The van der Waals surface area contributed by atoms with Crippen LogP contribution in [-0.4, -0.2) is 21.0 Å². The second kappa shape index (κ2) is 5.33. The molecule has 1 aliphatic rings. The van der Waals surface area contributed by atoms with Gasteiger partial charge in [0.25, 0.3) is 0 Å². The third kappa shape index (κ3) is 2.50. The smallest absolute Gasteiger partial charge is 0.140 e. The van der Waals surface area contributed by atoms with Gasteiger partial charge >= 0.3 is 0 Å². The quantitative estimate of drug-likeness (QED) is 0.740. The van der Waals surface area contributed by atoms with Crippen molar-refractivity contribution >= 4 is 16.7 Å². The van der Waals surface area contributed by atoms with Crippen LogP contribution in [0.15, 0.2) is 49.1 Å². The number of halogens is 1. The van der Waals surface area contributed by atoms with Crippen LogP contribution in [0, 0.1) is 5.82 Å². The zero-order valence-electron chi connectivity index (χ0n) is 12.0. The summed E-state index contributed by atoms with van der Waals surface area (Å²) in [5.74, 6) is 0.596. The summed E-state index contributed by atoms with van der Waals surface area (Å²) in [6.07, 6.45) is 7.47. The summed E-state index contributed by atoms with van der Waals surface area (Å²) < 4.78 is 13.4. The van der Waals surface area contributed by atoms with Crippen LogP contribution in [-0.2, 0) is 6.54 Å². The Morgan fingerprint density at radius 2 is 2.09 bits per heavy atom. The molecule has 3 aromatic rings. The first-order chi connectivity index (χ1) is 10.8. The van der Waals surface area contributed by atoms with Crippen molar-refractivity contribution < 1.29 is 4.39 Å². The van der Waals surface area contributed by atoms with Crippen molar-refractivity contribution in [2.75, 3.05) is 4.90 Å². The van der Waals surface area contributed by atoms with E-state index in [1.807, 2.05) is 12.3 Å². The Labute approximate surface area is 127 Å². The molecular formula is C17H15FN4. The van der Waals surface area contributed by atoms with Crippen LogP contribution in [0.1, 0.15) is 18.4 Å². The minimum absolute atomic E-state index is 0.276. The molecule has 0 aliphatic heterocycles. The second-order valence-corrected chi connectivity index (χ2v) is 5.58. The van der Waals surface area contributed by atoms with Crippen LogP contribution in [0.3, 0.4) is 0 Å². The fraction of sp³-hybridized carbons (Fsp3) is 0.235. The van der Waals surface area contributed by atoms with E-state index < -0.39 is 0 Å². The first-order valence-corrected chi connectivity index (χ1v) is 7.37. The van der Waals surface area contributed by atoms with E-state index in [4.69, 9.17) is 0 Å². The van der Waals surface area contributed by atoms with Gasteiger partial charge in [0.2, 0.25) is 0 Å². The molecule has 0 radical (unpaired) electrons. The topological polar surface area (TPSA) is 41.9 Å². The SMILES string of the molecule is Fc1ccc2c(N(Cc3cccnc3)C3CC3)ncnc2c1. The summed E-state index contributed by atoms with van der Waals surface area (Å²) in [4.78, 5) is 15.1. The second-order valence-electron chi connectivity index (χ2n) is 5.58. The van der Waals surface area contributed by atoms with Crippen molar-refractivity contribution in [1.82, 2.24) is 15.0 Å². The van der Waals surface area contributed by atoms with E-state index in [2.05, 4.69) is 25.9 Å². The molecular weight excluding hydrogens is 279 g/mol. The molecule has 1 fully saturated rings. The van der Waals surface area contributed by atoms with Crippen molar-refractivity contribution in [3.63, 3.8) is 0 Å². The van der Waals surface area contributed by atoms with Crippen molar-refractivity contribution in [3.8, 4) is 0 Å². The lowest BCUT2D eigenvalue weighted by atomic mass is 10.2. The summed E-state index contributed by atoms with van der Waals surface area (Å²) in [6.45, 7) is 0.752. The summed E-state index contributed by atoms with van der Waals surface area (Å²) in [6, 6.07) is 9.17. The number of nitrogens with zero attached hydrogens (tertiary/aromatic N) is 4. The van der Waals surface area contributed by atoms with E-state index in [9.17, 15) is 4.39 Å². The van der Waals surface area contributed by atoms with Crippen LogP contribution in [0.2, 0.25) is 0 Å². The zero-order valence-corrected chi connectivity index (χ0v) is 12.0. The summed E-state index contributed by atoms with van der Waals surface area (Å²) in [7, 11) is 0. The largest absolute Gasteiger partial charge is 0.349 e. The third-order valence-electron chi connectivity index (χ3n) is 3.91. The maximum absolute atomic E-state index is 13.4. The van der Waals surface area contributed by atoms with Crippen LogP contribution in [0.5, 0.6) is 0 Å². The molecule has 4 nitrogen and oxygen atoms in total. The highest BCUT2D eigenvalue weighted by molar-refractivity contribution is 5.89. The highest BCUT2D eigenvalue weighted by atomic mass is 19.1. The number of benzene rings is 1. The highest BCUT2D eigenvalue weighted by Gasteiger charge is 2.31. The molecule has 2 aromatic heterocycles. The first kappa shape index (κ1) is 13.1. The molecule has 110 valence electrons. The predicted molar refractivity (Wildman–Crippen MR) is 82.9 cm³/mol. The molecule has 0 atom stereocenters. The van der Waals surface area contributed by atoms with Gasteiger partial charge in [-0.15, -0.1) is 0 Å². The van der Waals surface area contributed by atoms with Gasteiger partial charge in [0.1, 0.15) is 18.0 Å². The van der Waals surface area contributed by atoms with Crippen molar-refractivity contribution in [3.05, 3.63) is 60.4 Å². The van der Waals surface area contributed by atoms with Crippen LogP contribution >= 0.6 is 0 Å². The van der Waals surface area contributed by atoms with Crippen LogP contribution < -0.4 is 4.90 Å². The molecule has 0 unspecified atom stereocenters. The number of fused-ring (bicyclic) bond motifs is 1. The number of pyridine rings is 1. The Balaban J connectivity index is 1.77. The van der Waals surface area contributed by atoms with Gasteiger partial charge in [0.05, 0.1) is 5.52 Å². The third-order valence-corrected chi connectivity index (χ3v) is 3.91. The normalized spacial score (nSPS) is 14.2. The van der Waals surface area contributed by atoms with Gasteiger partial charge in [-0.2, -0.15) is 0 Å². The number of aromatic nitrogens is 3. The first-order valence-electron chi connectivity index (χ1n) is 7.37. The molecule has 0 bridgehead atoms. The molecule has 1 aliphatic carbocycles. The molecule has 0 N–H and O–H groups in total. The highest BCUT2D eigenvalue weighted by Crippen LogP contribution is 2.35. The predicted octanol–water partition coefficient (Wildman–Crippen LogP) is 3.33. The van der Waals surface area contributed by atoms with Crippen molar-refractivity contribution in [2.45, 2.75) is 25.4 Å². The molecule has 0 amide bonds. The van der Waals surface area contributed by atoms with Gasteiger partial charge in [-0.3, -0.25) is 4.98 Å². The van der Waals surface area contributed by atoms with Gasteiger partial charge in [-0.1, -0.05) is 6.07 Å². The number of anilines is 1. The Morgan fingerprint density at radius 3 is 2.86 bits per heavy atom. The minimum atomic E-state index is -0.276. The molecule has 4 rings (SSSR count). The molecule has 22 heavy (non-hydrogen) atoms. The number of hydrogen-bond donors (Lipinski definition) is 0. The average molecular weight is 294 g/mol. The summed E-state index contributed by atoms with van der Waals surface area (Å²) in [5.41, 5.74) is 1.78. The molecule has 1 saturated carbocycles. The van der Waals surface area contributed by atoms with E-state index in [-0.39, 0.29) is 5.82 Å². The maximum Gasteiger partial charge on any atom is 0.140 e. The van der Waals surface area contributed by atoms with E-state index in [0.717, 1.165) is 36.2 Å². The Bertz CT molecular complexity index is 802. The van der Waals surface area contributed by atoms with Gasteiger partial charge in [0, 0.05) is 36.4 Å². The summed E-state index contributed by atoms with van der Waals surface area (Å²) >= 11 is 0. The van der Waals surface area contributed by atoms with E-state index in [1.165, 1.54) is 18.5 Å². The minimum Gasteiger partial charge on any atom is -0.349 e. The molecule has 5 heteroatoms. The van der Waals surface area contributed by atoms with Gasteiger partial charge in [-0.25, -0.2) is 14.4 Å². The lowest BCUT2D eigenvalue weighted by Gasteiger charge is -2.24. The monoisotopic (exact) mass is 294 g/mol. The van der Waals surface area contributed by atoms with Crippen molar-refractivity contribution in [1.29, 1.82) is 0 Å². The van der Waals surface area contributed by atoms with Gasteiger partial charge in [0.15, 0.2) is 0 Å². The lowest BCUT2D eigenvalue weighted by Crippen LogP contribution is -2.26. The molecule has 0 saturated heterocycles. The fourth-order valence-corrected chi connectivity index (χ4v) is 2.70. The maximum atomic E-state index is 13.4. The molecule has 0 spiro atoms. The molecule has 1 aromatic carbocycles. The Hall–Kier alpha value is -2.56. The number of hydrogen-bond acceptors (Lipinski definition) is 4. The molecule has 2 heterocycles. The Kier molecular flexibility index (Phi) is 3.18. The standard InChI is InChI=1S/C17H15FN4/c18-13-3-6-15-16(8-13)20-11-21-17(15)22(14-4-5-14)10-12-2-1-7-19-9-12/h1-3,6-9,11,14H,4-5,10H2. The van der Waals surface area contributed by atoms with Crippen molar-refractivity contribution in [2.24, 2.45) is 0 Å². The fourth-order valence-electron chi connectivity index (χ4n) is 2.70. The van der Waals surface area contributed by atoms with E-state index in [1.54, 1.807) is 12.3 Å². The number of rotatable bonds is 4. The summed E-state index contributed by atoms with van der Waals surface area (Å²) in [5, 5.41) is 0.889. The van der Waals surface area contributed by atoms with Crippen LogP contribution in [0.4, 0.5) is 10.2 Å². The average Bonchev–Trinajstić information content (AvgIpc) is 3.38.